The van der Waals surface area contributed by atoms with E-state index in [1.165, 1.54) is 11.3 Å². The number of hydrogen-bond donors (Lipinski definition) is 1. The number of esters is 1. The van der Waals surface area contributed by atoms with Crippen molar-refractivity contribution in [2.24, 2.45) is 5.92 Å². The fourth-order valence-corrected chi connectivity index (χ4v) is 2.58. The number of aromatic nitrogens is 2. The SMILES string of the molecule is CCOC(=O)C1CCN(c2nnc(N)s2)CC1. The van der Waals surface area contributed by atoms with Crippen LogP contribution in [0.5, 0.6) is 0 Å². The van der Waals surface area contributed by atoms with Crippen LogP contribution in [0.2, 0.25) is 0 Å². The first kappa shape index (κ1) is 12.1. The topological polar surface area (TPSA) is 81.3 Å². The van der Waals surface area contributed by atoms with Crippen LogP contribution >= 0.6 is 11.3 Å². The van der Waals surface area contributed by atoms with Crippen molar-refractivity contribution >= 4 is 27.6 Å². The molecule has 7 heteroatoms. The lowest BCUT2D eigenvalue weighted by molar-refractivity contribution is -0.148. The van der Waals surface area contributed by atoms with Gasteiger partial charge in [-0.1, -0.05) is 11.3 Å². The molecule has 1 saturated heterocycles. The van der Waals surface area contributed by atoms with Gasteiger partial charge in [-0.25, -0.2) is 0 Å². The molecule has 94 valence electrons. The van der Waals surface area contributed by atoms with Crippen molar-refractivity contribution in [3.8, 4) is 0 Å². The Bertz CT molecular complexity index is 387. The minimum Gasteiger partial charge on any atom is -0.466 e. The summed E-state index contributed by atoms with van der Waals surface area (Å²) >= 11 is 1.38. The molecule has 6 nitrogen and oxygen atoms in total. The molecule has 0 atom stereocenters. The van der Waals surface area contributed by atoms with Gasteiger partial charge in [0.1, 0.15) is 0 Å². The van der Waals surface area contributed by atoms with Crippen LogP contribution in [0.15, 0.2) is 0 Å². The smallest absolute Gasteiger partial charge is 0.309 e. The third kappa shape index (κ3) is 2.85. The van der Waals surface area contributed by atoms with Crippen LogP contribution in [-0.2, 0) is 9.53 Å². The van der Waals surface area contributed by atoms with Gasteiger partial charge in [-0.2, -0.15) is 0 Å². The molecule has 1 aromatic rings. The molecule has 17 heavy (non-hydrogen) atoms. The van der Waals surface area contributed by atoms with Gasteiger partial charge in [0.05, 0.1) is 12.5 Å². The molecular weight excluding hydrogens is 240 g/mol. The number of piperidine rings is 1. The highest BCUT2D eigenvalue weighted by molar-refractivity contribution is 7.18. The largest absolute Gasteiger partial charge is 0.466 e. The maximum atomic E-state index is 11.6. The van der Waals surface area contributed by atoms with Crippen molar-refractivity contribution in [2.45, 2.75) is 19.8 Å². The molecule has 1 fully saturated rings. The van der Waals surface area contributed by atoms with Gasteiger partial charge >= 0.3 is 5.97 Å². The first-order valence-electron chi connectivity index (χ1n) is 5.71. The third-order valence-corrected chi connectivity index (χ3v) is 3.63. The number of anilines is 2. The molecule has 0 aliphatic carbocycles. The fraction of sp³-hybridized carbons (Fsp3) is 0.700. The van der Waals surface area contributed by atoms with Crippen molar-refractivity contribution in [2.75, 3.05) is 30.3 Å². The molecule has 2 N–H and O–H groups in total. The van der Waals surface area contributed by atoms with Gasteiger partial charge < -0.3 is 15.4 Å². The van der Waals surface area contributed by atoms with Gasteiger partial charge in [-0.05, 0) is 19.8 Å². The second-order valence-electron chi connectivity index (χ2n) is 3.94. The summed E-state index contributed by atoms with van der Waals surface area (Å²) in [5.41, 5.74) is 5.54. The molecule has 0 spiro atoms. The first-order valence-corrected chi connectivity index (χ1v) is 6.53. The van der Waals surface area contributed by atoms with Gasteiger partial charge in [0.25, 0.3) is 0 Å². The quantitative estimate of drug-likeness (QED) is 0.809. The summed E-state index contributed by atoms with van der Waals surface area (Å²) in [5.74, 6) is -0.0552. The number of nitrogen functional groups attached to an aromatic ring is 1. The minimum absolute atomic E-state index is 0.0245. The average Bonchev–Trinajstić information content (AvgIpc) is 2.76. The van der Waals surface area contributed by atoms with Gasteiger partial charge in [0, 0.05) is 13.1 Å². The zero-order valence-electron chi connectivity index (χ0n) is 9.76. The molecule has 1 aliphatic rings. The van der Waals surface area contributed by atoms with E-state index >= 15 is 0 Å². The normalized spacial score (nSPS) is 17.1. The molecule has 2 rings (SSSR count). The molecule has 0 saturated carbocycles. The average molecular weight is 256 g/mol. The third-order valence-electron chi connectivity index (χ3n) is 2.82. The summed E-state index contributed by atoms with van der Waals surface area (Å²) in [5, 5.41) is 9.10. The Morgan fingerprint density at radius 1 is 1.53 bits per heavy atom. The summed E-state index contributed by atoms with van der Waals surface area (Å²) in [6, 6.07) is 0. The molecule has 0 unspecified atom stereocenters. The Hall–Kier alpha value is -1.37. The Labute approximate surface area is 104 Å². The van der Waals surface area contributed by atoms with E-state index in [9.17, 15) is 4.79 Å². The van der Waals surface area contributed by atoms with Crippen molar-refractivity contribution in [3.63, 3.8) is 0 Å². The number of nitrogens with zero attached hydrogens (tertiary/aromatic N) is 3. The summed E-state index contributed by atoms with van der Waals surface area (Å²) in [6.45, 7) is 3.89. The van der Waals surface area contributed by atoms with Gasteiger partial charge in [0.2, 0.25) is 10.3 Å². The predicted octanol–water partition coefficient (Wildman–Crippen LogP) is 0.900. The van der Waals surface area contributed by atoms with E-state index < -0.39 is 0 Å². The number of carbonyl (C=O) groups excluding carboxylic acids is 1. The van der Waals surface area contributed by atoms with E-state index in [4.69, 9.17) is 10.5 Å². The van der Waals surface area contributed by atoms with E-state index in [1.54, 1.807) is 0 Å². The van der Waals surface area contributed by atoms with E-state index in [0.29, 0.717) is 11.7 Å². The zero-order valence-corrected chi connectivity index (χ0v) is 10.6. The second kappa shape index (κ2) is 5.31. The van der Waals surface area contributed by atoms with Crippen LogP contribution < -0.4 is 10.6 Å². The van der Waals surface area contributed by atoms with Crippen LogP contribution in [0, 0.1) is 5.92 Å². The first-order chi connectivity index (χ1) is 8.20. The summed E-state index contributed by atoms with van der Waals surface area (Å²) in [4.78, 5) is 13.7. The van der Waals surface area contributed by atoms with Gasteiger partial charge in [-0.15, -0.1) is 10.2 Å². The van der Waals surface area contributed by atoms with Crippen molar-refractivity contribution in [1.29, 1.82) is 0 Å². The van der Waals surface area contributed by atoms with Crippen molar-refractivity contribution in [3.05, 3.63) is 0 Å². The second-order valence-corrected chi connectivity index (χ2v) is 4.92. The monoisotopic (exact) mass is 256 g/mol. The lowest BCUT2D eigenvalue weighted by Crippen LogP contribution is -2.36. The van der Waals surface area contributed by atoms with E-state index in [2.05, 4.69) is 15.1 Å². The lowest BCUT2D eigenvalue weighted by atomic mass is 9.97. The number of carbonyl (C=O) groups is 1. The Morgan fingerprint density at radius 3 is 2.76 bits per heavy atom. The van der Waals surface area contributed by atoms with Crippen LogP contribution in [-0.4, -0.2) is 35.9 Å². The van der Waals surface area contributed by atoms with Crippen LogP contribution in [0.4, 0.5) is 10.3 Å². The van der Waals surface area contributed by atoms with Crippen molar-refractivity contribution in [1.82, 2.24) is 10.2 Å². The maximum Gasteiger partial charge on any atom is 0.309 e. The lowest BCUT2D eigenvalue weighted by Gasteiger charge is -2.30. The van der Waals surface area contributed by atoms with E-state index in [1.807, 2.05) is 6.92 Å². The summed E-state index contributed by atoms with van der Waals surface area (Å²) < 4.78 is 5.02. The molecule has 0 bridgehead atoms. The molecular formula is C10H16N4O2S. The number of hydrogen-bond acceptors (Lipinski definition) is 7. The van der Waals surface area contributed by atoms with Gasteiger partial charge in [0.15, 0.2) is 0 Å². The highest BCUT2D eigenvalue weighted by Gasteiger charge is 2.27. The molecule has 1 aliphatic heterocycles. The molecule has 0 radical (unpaired) electrons. The highest BCUT2D eigenvalue weighted by atomic mass is 32.1. The Kier molecular flexibility index (Phi) is 3.78. The predicted molar refractivity (Wildman–Crippen MR) is 65.9 cm³/mol. The van der Waals surface area contributed by atoms with Crippen LogP contribution in [0.25, 0.3) is 0 Å². The van der Waals surface area contributed by atoms with Crippen LogP contribution in [0.3, 0.4) is 0 Å². The highest BCUT2D eigenvalue weighted by Crippen LogP contribution is 2.27. The van der Waals surface area contributed by atoms with Crippen molar-refractivity contribution < 1.29 is 9.53 Å². The van der Waals surface area contributed by atoms with Gasteiger partial charge in [-0.3, -0.25) is 4.79 Å². The molecule has 1 aromatic heterocycles. The number of ether oxygens (including phenoxy) is 1. The zero-order chi connectivity index (χ0) is 12.3. The molecule has 0 aromatic carbocycles. The van der Waals surface area contributed by atoms with Crippen LogP contribution in [0.1, 0.15) is 19.8 Å². The number of rotatable bonds is 3. The standard InChI is InChI=1S/C10H16N4O2S/c1-2-16-8(15)7-3-5-14(6-4-7)10-13-12-9(11)17-10/h7H,2-6H2,1H3,(H2,11,12). The fourth-order valence-electron chi connectivity index (χ4n) is 1.92. The van der Waals surface area contributed by atoms with E-state index in [0.717, 1.165) is 31.1 Å². The Morgan fingerprint density at radius 2 is 2.24 bits per heavy atom. The maximum absolute atomic E-state index is 11.6. The molecule has 0 amide bonds. The minimum atomic E-state index is -0.0797. The summed E-state index contributed by atoms with van der Waals surface area (Å²) in [7, 11) is 0. The number of nitrogens with two attached hydrogens (primary N) is 1. The Balaban J connectivity index is 1.88. The molecule has 2 heterocycles. The summed E-state index contributed by atoms with van der Waals surface area (Å²) in [6.07, 6.45) is 1.61. The van der Waals surface area contributed by atoms with E-state index in [-0.39, 0.29) is 11.9 Å².